The van der Waals surface area contributed by atoms with Gasteiger partial charge in [0.2, 0.25) is 0 Å². The molecule has 0 aliphatic carbocycles. The second-order valence-electron chi connectivity index (χ2n) is 6.99. The molecule has 0 radical (unpaired) electrons. The normalized spacial score (nSPS) is 11.0. The highest BCUT2D eigenvalue weighted by Gasteiger charge is 2.08. The monoisotopic (exact) mass is 533 g/mol. The van der Waals surface area contributed by atoms with E-state index in [1.54, 1.807) is 6.33 Å². The standard InChI is InChI=1S/C23H31N7.HI/c1-4-24-23(25-14-15-29(5-2)21-13-9-10-19(3)16-21)26-17-22-28-27-18-30(22)20-11-7-6-8-12-20;/h6-13,16,18H,4-5,14-15,17H2,1-3H3,(H2,24,25,26);1H. The predicted molar refractivity (Wildman–Crippen MR) is 139 cm³/mol. The number of likely N-dealkylation sites (N-methyl/N-ethyl adjacent to an activating group) is 1. The Morgan fingerprint density at radius 1 is 1.06 bits per heavy atom. The van der Waals surface area contributed by atoms with Crippen LogP contribution in [0.15, 0.2) is 65.9 Å². The zero-order chi connectivity index (χ0) is 21.2. The van der Waals surface area contributed by atoms with E-state index >= 15 is 0 Å². The molecule has 2 aromatic carbocycles. The minimum atomic E-state index is 0. The largest absolute Gasteiger partial charge is 0.370 e. The van der Waals surface area contributed by atoms with Crippen molar-refractivity contribution in [1.29, 1.82) is 0 Å². The number of aliphatic imine (C=N–C) groups is 1. The van der Waals surface area contributed by atoms with E-state index in [1.807, 2.05) is 34.9 Å². The topological polar surface area (TPSA) is 70.4 Å². The molecule has 0 fully saturated rings. The van der Waals surface area contributed by atoms with Crippen molar-refractivity contribution < 1.29 is 0 Å². The molecule has 3 aromatic rings. The van der Waals surface area contributed by atoms with Gasteiger partial charge in [0.15, 0.2) is 11.8 Å². The van der Waals surface area contributed by atoms with E-state index in [0.29, 0.717) is 6.54 Å². The molecule has 0 atom stereocenters. The highest BCUT2D eigenvalue weighted by atomic mass is 127. The fourth-order valence-electron chi connectivity index (χ4n) is 3.27. The summed E-state index contributed by atoms with van der Waals surface area (Å²) in [5.41, 5.74) is 3.55. The van der Waals surface area contributed by atoms with E-state index in [1.165, 1.54) is 11.3 Å². The fourth-order valence-corrected chi connectivity index (χ4v) is 3.27. The van der Waals surface area contributed by atoms with Gasteiger partial charge in [-0.15, -0.1) is 34.2 Å². The van der Waals surface area contributed by atoms with Crippen LogP contribution >= 0.6 is 24.0 Å². The molecule has 0 unspecified atom stereocenters. The van der Waals surface area contributed by atoms with Gasteiger partial charge in [-0.2, -0.15) is 0 Å². The van der Waals surface area contributed by atoms with Gasteiger partial charge in [0.05, 0.1) is 0 Å². The Morgan fingerprint density at radius 2 is 1.87 bits per heavy atom. The molecular weight excluding hydrogens is 501 g/mol. The van der Waals surface area contributed by atoms with E-state index in [0.717, 1.165) is 43.7 Å². The van der Waals surface area contributed by atoms with Crippen LogP contribution in [0.4, 0.5) is 5.69 Å². The maximum Gasteiger partial charge on any atom is 0.191 e. The number of hydrogen-bond donors (Lipinski definition) is 2. The molecular formula is C23H32IN7. The number of aryl methyl sites for hydroxylation is 1. The first-order valence-electron chi connectivity index (χ1n) is 10.5. The van der Waals surface area contributed by atoms with E-state index in [9.17, 15) is 0 Å². The van der Waals surface area contributed by atoms with Crippen molar-refractivity contribution in [3.63, 3.8) is 0 Å². The lowest BCUT2D eigenvalue weighted by Crippen LogP contribution is -2.41. The number of guanidine groups is 1. The molecule has 2 N–H and O–H groups in total. The molecule has 1 heterocycles. The van der Waals surface area contributed by atoms with Crippen molar-refractivity contribution in [3.05, 3.63) is 72.3 Å². The van der Waals surface area contributed by atoms with Crippen LogP contribution < -0.4 is 15.5 Å². The molecule has 1 aromatic heterocycles. The van der Waals surface area contributed by atoms with Crippen molar-refractivity contribution in [2.75, 3.05) is 31.1 Å². The van der Waals surface area contributed by atoms with Gasteiger partial charge in [0.1, 0.15) is 12.9 Å². The Kier molecular flexibility index (Phi) is 10.3. The van der Waals surface area contributed by atoms with Gasteiger partial charge in [-0.1, -0.05) is 30.3 Å². The molecule has 0 aliphatic rings. The summed E-state index contributed by atoms with van der Waals surface area (Å²) in [6.45, 7) is 10.3. The summed E-state index contributed by atoms with van der Waals surface area (Å²) in [5, 5.41) is 15.0. The summed E-state index contributed by atoms with van der Waals surface area (Å²) in [7, 11) is 0. The molecule has 0 amide bonds. The number of benzene rings is 2. The van der Waals surface area contributed by atoms with Gasteiger partial charge in [-0.05, 0) is 50.6 Å². The summed E-state index contributed by atoms with van der Waals surface area (Å²) < 4.78 is 1.96. The maximum atomic E-state index is 4.70. The van der Waals surface area contributed by atoms with E-state index in [4.69, 9.17) is 4.99 Å². The van der Waals surface area contributed by atoms with Gasteiger partial charge < -0.3 is 15.5 Å². The first-order chi connectivity index (χ1) is 14.7. The summed E-state index contributed by atoms with van der Waals surface area (Å²) >= 11 is 0. The van der Waals surface area contributed by atoms with Gasteiger partial charge in [0.25, 0.3) is 0 Å². The van der Waals surface area contributed by atoms with Gasteiger partial charge in [0, 0.05) is 37.6 Å². The molecule has 31 heavy (non-hydrogen) atoms. The Morgan fingerprint density at radius 3 is 2.58 bits per heavy atom. The maximum absolute atomic E-state index is 4.70. The lowest BCUT2D eigenvalue weighted by atomic mass is 10.2. The van der Waals surface area contributed by atoms with E-state index in [-0.39, 0.29) is 24.0 Å². The second-order valence-corrected chi connectivity index (χ2v) is 6.99. The minimum Gasteiger partial charge on any atom is -0.370 e. The third-order valence-electron chi connectivity index (χ3n) is 4.80. The summed E-state index contributed by atoms with van der Waals surface area (Å²) in [5.74, 6) is 1.58. The van der Waals surface area contributed by atoms with Crippen molar-refractivity contribution in [1.82, 2.24) is 25.4 Å². The van der Waals surface area contributed by atoms with Crippen molar-refractivity contribution in [2.24, 2.45) is 4.99 Å². The third kappa shape index (κ3) is 7.23. The molecule has 3 rings (SSSR count). The SMILES string of the molecule is CCNC(=NCc1nncn1-c1ccccc1)NCCN(CC)c1cccc(C)c1.I. The third-order valence-corrected chi connectivity index (χ3v) is 4.80. The number of nitrogens with one attached hydrogen (secondary N) is 2. The van der Waals surface area contributed by atoms with Crippen LogP contribution in [0.2, 0.25) is 0 Å². The smallest absolute Gasteiger partial charge is 0.191 e. The quantitative estimate of drug-likeness (QED) is 0.249. The van der Waals surface area contributed by atoms with Crippen LogP contribution in [0, 0.1) is 6.92 Å². The average molecular weight is 533 g/mol. The molecule has 7 nitrogen and oxygen atoms in total. The molecule has 0 spiro atoms. The van der Waals surface area contributed by atoms with E-state index < -0.39 is 0 Å². The van der Waals surface area contributed by atoms with Crippen LogP contribution in [-0.4, -0.2) is 46.9 Å². The molecule has 0 saturated carbocycles. The Hall–Kier alpha value is -2.62. The fraction of sp³-hybridized carbons (Fsp3) is 0.348. The molecule has 0 aliphatic heterocycles. The van der Waals surface area contributed by atoms with Crippen LogP contribution in [0.3, 0.4) is 0 Å². The number of nitrogens with zero attached hydrogens (tertiary/aromatic N) is 5. The molecule has 0 saturated heterocycles. The highest BCUT2D eigenvalue weighted by Crippen LogP contribution is 2.15. The number of aromatic nitrogens is 3. The number of anilines is 1. The second kappa shape index (κ2) is 12.9. The van der Waals surface area contributed by atoms with Crippen molar-refractivity contribution >= 4 is 35.6 Å². The highest BCUT2D eigenvalue weighted by molar-refractivity contribution is 14.0. The minimum absolute atomic E-state index is 0. The summed E-state index contributed by atoms with van der Waals surface area (Å²) in [6, 6.07) is 18.7. The first kappa shape index (κ1) is 24.6. The zero-order valence-electron chi connectivity index (χ0n) is 18.5. The lowest BCUT2D eigenvalue weighted by Gasteiger charge is -2.24. The number of rotatable bonds is 9. The Labute approximate surface area is 202 Å². The average Bonchev–Trinajstić information content (AvgIpc) is 3.24. The predicted octanol–water partition coefficient (Wildman–Crippen LogP) is 3.78. The lowest BCUT2D eigenvalue weighted by molar-refractivity contribution is 0.746. The van der Waals surface area contributed by atoms with Crippen molar-refractivity contribution in [3.8, 4) is 5.69 Å². The number of halogens is 1. The van der Waals surface area contributed by atoms with Crippen LogP contribution in [0.5, 0.6) is 0 Å². The molecule has 0 bridgehead atoms. The Balaban J connectivity index is 0.00000341. The van der Waals surface area contributed by atoms with Crippen LogP contribution in [0.1, 0.15) is 25.2 Å². The zero-order valence-corrected chi connectivity index (χ0v) is 20.8. The molecule has 166 valence electrons. The summed E-state index contributed by atoms with van der Waals surface area (Å²) in [6.07, 6.45) is 1.72. The van der Waals surface area contributed by atoms with Crippen LogP contribution in [0.25, 0.3) is 5.69 Å². The van der Waals surface area contributed by atoms with E-state index in [2.05, 4.69) is 70.8 Å². The van der Waals surface area contributed by atoms with Gasteiger partial charge in [-0.25, -0.2) is 4.99 Å². The van der Waals surface area contributed by atoms with Gasteiger partial charge in [-0.3, -0.25) is 4.57 Å². The van der Waals surface area contributed by atoms with Crippen LogP contribution in [-0.2, 0) is 6.54 Å². The summed E-state index contributed by atoms with van der Waals surface area (Å²) in [4.78, 5) is 7.06. The number of para-hydroxylation sites is 1. The van der Waals surface area contributed by atoms with Gasteiger partial charge >= 0.3 is 0 Å². The Bertz CT molecular complexity index is 940. The molecule has 8 heteroatoms. The first-order valence-corrected chi connectivity index (χ1v) is 10.5. The van der Waals surface area contributed by atoms with Crippen molar-refractivity contribution in [2.45, 2.75) is 27.3 Å². The number of hydrogen-bond acceptors (Lipinski definition) is 4.